The van der Waals surface area contributed by atoms with Crippen molar-refractivity contribution in [3.8, 4) is 11.8 Å². The Kier molecular flexibility index (Phi) is 8.62. The highest BCUT2D eigenvalue weighted by atomic mass is 19.4. The molecule has 0 saturated heterocycles. The number of nitrogens with zero attached hydrogens (tertiary/aromatic N) is 3. The lowest BCUT2D eigenvalue weighted by atomic mass is 9.93. The number of halogens is 3. The van der Waals surface area contributed by atoms with Crippen LogP contribution in [-0.4, -0.2) is 39.4 Å². The summed E-state index contributed by atoms with van der Waals surface area (Å²) in [5.41, 5.74) is 3.18. The standard InChI is InChI=1S/C26H29F3N6O3/c1-16-22(33-17(2)36)4-3-5-23(16)34-24-31-15-32-25(35-24)37-20-12-8-19(9-13-20)30-14-18-6-10-21(11-7-18)38-26(27,28)29/h3-7,10-11,15,19-20,30H,8-9,12-14H2,1-2H3,(H,33,36)(H,31,32,34,35). The van der Waals surface area contributed by atoms with Crippen molar-refractivity contribution in [3.63, 3.8) is 0 Å². The molecule has 0 bridgehead atoms. The minimum atomic E-state index is -4.69. The second-order valence-electron chi connectivity index (χ2n) is 9.04. The van der Waals surface area contributed by atoms with Gasteiger partial charge in [-0.05, 0) is 68.0 Å². The average Bonchev–Trinajstić information content (AvgIpc) is 2.86. The molecule has 0 radical (unpaired) electrons. The molecular formula is C26H29F3N6O3. The zero-order valence-electron chi connectivity index (χ0n) is 21.0. The number of hydrogen-bond donors (Lipinski definition) is 3. The van der Waals surface area contributed by atoms with E-state index in [1.807, 2.05) is 25.1 Å². The number of aromatic nitrogens is 3. The van der Waals surface area contributed by atoms with Gasteiger partial charge in [-0.2, -0.15) is 9.97 Å². The van der Waals surface area contributed by atoms with E-state index >= 15 is 0 Å². The summed E-state index contributed by atoms with van der Waals surface area (Å²) in [6.45, 7) is 3.89. The van der Waals surface area contributed by atoms with Gasteiger partial charge in [-0.25, -0.2) is 4.98 Å². The number of carbonyl (C=O) groups excluding carboxylic acids is 1. The summed E-state index contributed by atoms with van der Waals surface area (Å²) in [6.07, 6.45) is 0.0308. The van der Waals surface area contributed by atoms with Gasteiger partial charge in [-0.3, -0.25) is 4.79 Å². The number of hydrogen-bond acceptors (Lipinski definition) is 8. The zero-order valence-corrected chi connectivity index (χ0v) is 21.0. The second kappa shape index (κ2) is 12.1. The lowest BCUT2D eigenvalue weighted by molar-refractivity contribution is -0.274. The minimum absolute atomic E-state index is 0.0352. The third-order valence-corrected chi connectivity index (χ3v) is 6.14. The molecule has 1 amide bonds. The summed E-state index contributed by atoms with van der Waals surface area (Å²) in [7, 11) is 0. The van der Waals surface area contributed by atoms with E-state index in [1.165, 1.54) is 25.4 Å². The van der Waals surface area contributed by atoms with Crippen LogP contribution in [0.3, 0.4) is 0 Å². The van der Waals surface area contributed by atoms with Crippen LogP contribution >= 0.6 is 0 Å². The van der Waals surface area contributed by atoms with E-state index in [9.17, 15) is 18.0 Å². The van der Waals surface area contributed by atoms with Crippen LogP contribution in [0, 0.1) is 6.92 Å². The van der Waals surface area contributed by atoms with Crippen LogP contribution in [0.25, 0.3) is 0 Å². The van der Waals surface area contributed by atoms with E-state index in [-0.39, 0.29) is 29.8 Å². The lowest BCUT2D eigenvalue weighted by Crippen LogP contribution is -2.36. The molecule has 3 aromatic rings. The zero-order chi connectivity index (χ0) is 27.1. The van der Waals surface area contributed by atoms with Crippen molar-refractivity contribution in [2.45, 2.75) is 64.6 Å². The number of amides is 1. The Morgan fingerprint density at radius 3 is 2.42 bits per heavy atom. The van der Waals surface area contributed by atoms with Gasteiger partial charge in [0.2, 0.25) is 11.9 Å². The first kappa shape index (κ1) is 27.1. The van der Waals surface area contributed by atoms with E-state index in [4.69, 9.17) is 4.74 Å². The molecule has 1 saturated carbocycles. The largest absolute Gasteiger partial charge is 0.573 e. The maximum atomic E-state index is 12.3. The molecule has 1 heterocycles. The number of carbonyl (C=O) groups is 1. The summed E-state index contributed by atoms with van der Waals surface area (Å²) in [4.78, 5) is 24.1. The van der Waals surface area contributed by atoms with Gasteiger partial charge in [0.15, 0.2) is 0 Å². The van der Waals surface area contributed by atoms with Gasteiger partial charge in [0.25, 0.3) is 0 Å². The minimum Gasteiger partial charge on any atom is -0.460 e. The molecule has 1 fully saturated rings. The number of alkyl halides is 3. The number of benzene rings is 2. The Morgan fingerprint density at radius 2 is 1.74 bits per heavy atom. The quantitative estimate of drug-likeness (QED) is 0.344. The molecular weight excluding hydrogens is 501 g/mol. The average molecular weight is 531 g/mol. The van der Waals surface area contributed by atoms with Crippen LogP contribution in [0.4, 0.5) is 30.5 Å². The molecule has 9 nitrogen and oxygen atoms in total. The van der Waals surface area contributed by atoms with Crippen molar-refractivity contribution in [2.24, 2.45) is 0 Å². The summed E-state index contributed by atoms with van der Waals surface area (Å²) < 4.78 is 46.8. The fraction of sp³-hybridized carbons (Fsp3) is 0.385. The molecule has 202 valence electrons. The summed E-state index contributed by atoms with van der Waals surface area (Å²) >= 11 is 0. The third-order valence-electron chi connectivity index (χ3n) is 6.14. The molecule has 3 N–H and O–H groups in total. The fourth-order valence-corrected chi connectivity index (χ4v) is 4.22. The number of rotatable bonds is 9. The second-order valence-corrected chi connectivity index (χ2v) is 9.04. The highest BCUT2D eigenvalue weighted by molar-refractivity contribution is 5.90. The molecule has 2 aromatic carbocycles. The molecule has 4 rings (SSSR count). The van der Waals surface area contributed by atoms with Gasteiger partial charge in [0, 0.05) is 30.9 Å². The molecule has 0 spiro atoms. The third kappa shape index (κ3) is 8.04. The van der Waals surface area contributed by atoms with Gasteiger partial charge in [-0.15, -0.1) is 13.2 Å². The maximum Gasteiger partial charge on any atom is 0.573 e. The Morgan fingerprint density at radius 1 is 1.03 bits per heavy atom. The predicted octanol–water partition coefficient (Wildman–Crippen LogP) is 5.26. The summed E-state index contributed by atoms with van der Waals surface area (Å²) in [5.74, 6) is -0.0519. The Hall–Kier alpha value is -3.93. The maximum absolute atomic E-state index is 12.3. The topological polar surface area (TPSA) is 110 Å². The van der Waals surface area contributed by atoms with E-state index in [2.05, 4.69) is 35.6 Å². The first-order valence-electron chi connectivity index (χ1n) is 12.2. The van der Waals surface area contributed by atoms with Gasteiger partial charge in [-0.1, -0.05) is 18.2 Å². The highest BCUT2D eigenvalue weighted by Crippen LogP contribution is 2.27. The summed E-state index contributed by atoms with van der Waals surface area (Å²) in [6, 6.07) is 11.9. The first-order valence-corrected chi connectivity index (χ1v) is 12.2. The van der Waals surface area contributed by atoms with Crippen LogP contribution in [-0.2, 0) is 11.3 Å². The van der Waals surface area contributed by atoms with Crippen molar-refractivity contribution >= 4 is 23.2 Å². The van der Waals surface area contributed by atoms with Gasteiger partial charge >= 0.3 is 12.4 Å². The molecule has 38 heavy (non-hydrogen) atoms. The van der Waals surface area contributed by atoms with E-state index < -0.39 is 6.36 Å². The van der Waals surface area contributed by atoms with Crippen molar-refractivity contribution < 1.29 is 27.4 Å². The Bertz CT molecular complexity index is 1230. The number of nitrogens with one attached hydrogen (secondary N) is 3. The predicted molar refractivity (Wildman–Crippen MR) is 135 cm³/mol. The van der Waals surface area contributed by atoms with Crippen LogP contribution in [0.1, 0.15) is 43.7 Å². The van der Waals surface area contributed by atoms with Crippen LogP contribution in [0.2, 0.25) is 0 Å². The van der Waals surface area contributed by atoms with Crippen LogP contribution < -0.4 is 25.4 Å². The summed E-state index contributed by atoms with van der Waals surface area (Å²) in [5, 5.41) is 9.39. The number of anilines is 3. The molecule has 0 atom stereocenters. The van der Waals surface area contributed by atoms with Crippen molar-refractivity contribution in [2.75, 3.05) is 10.6 Å². The Labute approximate surface area is 218 Å². The van der Waals surface area contributed by atoms with Crippen molar-refractivity contribution in [3.05, 3.63) is 59.9 Å². The monoisotopic (exact) mass is 530 g/mol. The van der Waals surface area contributed by atoms with Crippen LogP contribution in [0.15, 0.2) is 48.8 Å². The Balaban J connectivity index is 1.25. The van der Waals surface area contributed by atoms with Crippen molar-refractivity contribution in [1.29, 1.82) is 0 Å². The normalized spacial score (nSPS) is 17.5. The number of ether oxygens (including phenoxy) is 2. The molecule has 1 aromatic heterocycles. The molecule has 1 aliphatic carbocycles. The van der Waals surface area contributed by atoms with Crippen LogP contribution in [0.5, 0.6) is 11.8 Å². The molecule has 0 unspecified atom stereocenters. The first-order chi connectivity index (χ1) is 18.1. The van der Waals surface area contributed by atoms with Crippen molar-refractivity contribution in [1.82, 2.24) is 20.3 Å². The van der Waals surface area contributed by atoms with Gasteiger partial charge in [0.05, 0.1) is 0 Å². The lowest BCUT2D eigenvalue weighted by Gasteiger charge is -2.29. The SMILES string of the molecule is CC(=O)Nc1cccc(Nc2ncnc(OC3CCC(NCc4ccc(OC(F)(F)F)cc4)CC3)n2)c1C. The van der Waals surface area contributed by atoms with E-state index in [1.54, 1.807) is 12.1 Å². The van der Waals surface area contributed by atoms with Gasteiger partial charge < -0.3 is 25.4 Å². The fourth-order valence-electron chi connectivity index (χ4n) is 4.22. The molecule has 12 heteroatoms. The molecule has 1 aliphatic rings. The molecule has 0 aliphatic heterocycles. The highest BCUT2D eigenvalue weighted by Gasteiger charge is 2.31. The smallest absolute Gasteiger partial charge is 0.460 e. The van der Waals surface area contributed by atoms with Gasteiger partial charge in [0.1, 0.15) is 18.2 Å². The van der Waals surface area contributed by atoms with E-state index in [0.29, 0.717) is 18.2 Å². The van der Waals surface area contributed by atoms with E-state index in [0.717, 1.165) is 42.5 Å².